The van der Waals surface area contributed by atoms with Gasteiger partial charge in [-0.15, -0.1) is 0 Å². The third kappa shape index (κ3) is 1.99. The minimum Gasteiger partial charge on any atom is -0.371 e. The van der Waals surface area contributed by atoms with Gasteiger partial charge in [-0.3, -0.25) is 0 Å². The molecule has 1 fully saturated rings. The Hall–Kier alpha value is -1.26. The number of nitrogens with zero attached hydrogens (tertiary/aromatic N) is 1. The summed E-state index contributed by atoms with van der Waals surface area (Å²) in [5, 5.41) is 0. The molecule has 0 N–H and O–H groups in total. The molecule has 5 heteroatoms. The molecule has 1 nitrogen and oxygen atoms in total. The third-order valence-corrected chi connectivity index (χ3v) is 2.72. The fraction of sp³-hybridized carbons (Fsp3) is 0.455. The molecule has 0 atom stereocenters. The number of hydrogen-bond acceptors (Lipinski definition) is 1. The number of benzene rings is 1. The minimum absolute atomic E-state index is 0.0370. The van der Waals surface area contributed by atoms with Gasteiger partial charge in [-0.05, 0) is 25.0 Å². The van der Waals surface area contributed by atoms with Crippen LogP contribution in [-0.4, -0.2) is 13.1 Å². The molecule has 0 aromatic heterocycles. The summed E-state index contributed by atoms with van der Waals surface area (Å²) in [6.45, 7) is 1.12. The molecule has 1 aromatic carbocycles. The van der Waals surface area contributed by atoms with E-state index in [9.17, 15) is 17.6 Å². The Balaban J connectivity index is 2.47. The highest BCUT2D eigenvalue weighted by Gasteiger charge is 2.38. The van der Waals surface area contributed by atoms with Crippen molar-refractivity contribution in [3.63, 3.8) is 0 Å². The van der Waals surface area contributed by atoms with Gasteiger partial charge in [0.2, 0.25) is 0 Å². The zero-order valence-electron chi connectivity index (χ0n) is 8.52. The highest BCUT2D eigenvalue weighted by atomic mass is 19.4. The second-order valence-electron chi connectivity index (χ2n) is 3.83. The van der Waals surface area contributed by atoms with E-state index in [-0.39, 0.29) is 5.69 Å². The maximum Gasteiger partial charge on any atom is 0.421 e. The van der Waals surface area contributed by atoms with E-state index in [1.165, 1.54) is 12.1 Å². The Kier molecular flexibility index (Phi) is 2.78. The van der Waals surface area contributed by atoms with Crippen molar-refractivity contribution in [2.24, 2.45) is 0 Å². The number of hydrogen-bond donors (Lipinski definition) is 0. The molecule has 88 valence electrons. The first-order valence-electron chi connectivity index (χ1n) is 5.11. The average molecular weight is 233 g/mol. The van der Waals surface area contributed by atoms with Crippen molar-refractivity contribution in [1.82, 2.24) is 0 Å². The largest absolute Gasteiger partial charge is 0.421 e. The van der Waals surface area contributed by atoms with Crippen molar-refractivity contribution in [2.45, 2.75) is 19.0 Å². The van der Waals surface area contributed by atoms with E-state index in [1.54, 1.807) is 4.90 Å². The molecule has 1 heterocycles. The lowest BCUT2D eigenvalue weighted by Crippen LogP contribution is -2.23. The molecule has 1 aromatic rings. The first-order chi connectivity index (χ1) is 7.50. The van der Waals surface area contributed by atoms with Gasteiger partial charge in [-0.25, -0.2) is 4.39 Å². The molecule has 2 rings (SSSR count). The van der Waals surface area contributed by atoms with Gasteiger partial charge in [-0.2, -0.15) is 13.2 Å². The van der Waals surface area contributed by atoms with Gasteiger partial charge in [0.25, 0.3) is 0 Å². The fourth-order valence-electron chi connectivity index (χ4n) is 2.01. The van der Waals surface area contributed by atoms with E-state index >= 15 is 0 Å². The quantitative estimate of drug-likeness (QED) is 0.671. The Morgan fingerprint density at radius 3 is 2.25 bits per heavy atom. The van der Waals surface area contributed by atoms with Crippen molar-refractivity contribution in [3.8, 4) is 0 Å². The molecule has 16 heavy (non-hydrogen) atoms. The first kappa shape index (κ1) is 11.2. The standard InChI is InChI=1S/C11H11F4N/c12-8-4-3-5-9(10(8)11(13,14)15)16-6-1-2-7-16/h3-5H,1-2,6-7H2. The van der Waals surface area contributed by atoms with Crippen molar-refractivity contribution >= 4 is 5.69 Å². The lowest BCUT2D eigenvalue weighted by Gasteiger charge is -2.22. The van der Waals surface area contributed by atoms with Gasteiger partial charge >= 0.3 is 6.18 Å². The molecule has 0 aliphatic carbocycles. The molecule has 1 aliphatic heterocycles. The van der Waals surface area contributed by atoms with Gasteiger partial charge in [-0.1, -0.05) is 6.07 Å². The van der Waals surface area contributed by atoms with E-state index < -0.39 is 17.6 Å². The number of rotatable bonds is 1. The Morgan fingerprint density at radius 2 is 1.69 bits per heavy atom. The van der Waals surface area contributed by atoms with E-state index in [0.717, 1.165) is 18.9 Å². The Bertz CT molecular complexity index is 380. The predicted octanol–water partition coefficient (Wildman–Crippen LogP) is 3.44. The van der Waals surface area contributed by atoms with Crippen LogP contribution in [0.25, 0.3) is 0 Å². The van der Waals surface area contributed by atoms with E-state index in [4.69, 9.17) is 0 Å². The molecule has 0 bridgehead atoms. The van der Waals surface area contributed by atoms with Crippen LogP contribution in [0.3, 0.4) is 0 Å². The summed E-state index contributed by atoms with van der Waals surface area (Å²) < 4.78 is 51.3. The van der Waals surface area contributed by atoms with Crippen LogP contribution in [0.5, 0.6) is 0 Å². The highest BCUT2D eigenvalue weighted by molar-refractivity contribution is 5.56. The summed E-state index contributed by atoms with van der Waals surface area (Å²) in [6.07, 6.45) is -2.93. The van der Waals surface area contributed by atoms with Gasteiger partial charge in [0, 0.05) is 13.1 Å². The third-order valence-electron chi connectivity index (χ3n) is 2.72. The second-order valence-corrected chi connectivity index (χ2v) is 3.83. The van der Waals surface area contributed by atoms with Crippen LogP contribution in [0, 0.1) is 5.82 Å². The maximum absolute atomic E-state index is 13.3. The second kappa shape index (κ2) is 3.96. The number of anilines is 1. The van der Waals surface area contributed by atoms with Gasteiger partial charge in [0.15, 0.2) is 0 Å². The van der Waals surface area contributed by atoms with Crippen molar-refractivity contribution in [2.75, 3.05) is 18.0 Å². The topological polar surface area (TPSA) is 3.24 Å². The summed E-state index contributed by atoms with van der Waals surface area (Å²) >= 11 is 0. The molecule has 0 amide bonds. The van der Waals surface area contributed by atoms with Crippen molar-refractivity contribution in [3.05, 3.63) is 29.6 Å². The smallest absolute Gasteiger partial charge is 0.371 e. The van der Waals surface area contributed by atoms with Crippen LogP contribution in [-0.2, 0) is 6.18 Å². The zero-order valence-corrected chi connectivity index (χ0v) is 8.52. The van der Waals surface area contributed by atoms with Crippen molar-refractivity contribution in [1.29, 1.82) is 0 Å². The number of halogens is 4. The fourth-order valence-corrected chi connectivity index (χ4v) is 2.01. The van der Waals surface area contributed by atoms with Crippen molar-refractivity contribution < 1.29 is 17.6 Å². The monoisotopic (exact) mass is 233 g/mol. The summed E-state index contributed by atoms with van der Waals surface area (Å²) in [5.74, 6) is -1.20. The van der Waals surface area contributed by atoms with E-state index in [1.807, 2.05) is 0 Å². The summed E-state index contributed by atoms with van der Waals surface area (Å²) in [4.78, 5) is 1.59. The molecular weight excluding hydrogens is 222 g/mol. The molecule has 1 aliphatic rings. The summed E-state index contributed by atoms with van der Waals surface area (Å²) in [7, 11) is 0. The lowest BCUT2D eigenvalue weighted by atomic mass is 10.1. The molecular formula is C11H11F4N. The van der Waals surface area contributed by atoms with Crippen LogP contribution >= 0.6 is 0 Å². The average Bonchev–Trinajstić information content (AvgIpc) is 2.67. The Morgan fingerprint density at radius 1 is 1.06 bits per heavy atom. The SMILES string of the molecule is Fc1cccc(N2CCCC2)c1C(F)(F)F. The summed E-state index contributed by atoms with van der Waals surface area (Å²) in [5.41, 5.74) is -1.18. The highest BCUT2D eigenvalue weighted by Crippen LogP contribution is 2.39. The molecule has 0 spiro atoms. The maximum atomic E-state index is 13.3. The normalized spacial score (nSPS) is 16.9. The van der Waals surface area contributed by atoms with Crippen LogP contribution < -0.4 is 4.90 Å². The molecule has 1 saturated heterocycles. The van der Waals surface area contributed by atoms with Gasteiger partial charge in [0.05, 0.1) is 5.69 Å². The molecule has 0 saturated carbocycles. The van der Waals surface area contributed by atoms with Crippen LogP contribution in [0.2, 0.25) is 0 Å². The lowest BCUT2D eigenvalue weighted by molar-refractivity contribution is -0.139. The zero-order chi connectivity index (χ0) is 11.8. The van der Waals surface area contributed by atoms with Crippen LogP contribution in [0.15, 0.2) is 18.2 Å². The molecule has 0 radical (unpaired) electrons. The summed E-state index contributed by atoms with van der Waals surface area (Å²) in [6, 6.07) is 3.50. The van der Waals surface area contributed by atoms with Gasteiger partial charge < -0.3 is 4.90 Å². The van der Waals surface area contributed by atoms with E-state index in [2.05, 4.69) is 0 Å². The van der Waals surface area contributed by atoms with E-state index in [0.29, 0.717) is 13.1 Å². The first-order valence-corrected chi connectivity index (χ1v) is 5.11. The Labute approximate surface area is 90.7 Å². The molecule has 0 unspecified atom stereocenters. The van der Waals surface area contributed by atoms with Crippen LogP contribution in [0.4, 0.5) is 23.2 Å². The van der Waals surface area contributed by atoms with Crippen LogP contribution in [0.1, 0.15) is 18.4 Å². The minimum atomic E-state index is -4.64. The number of alkyl halides is 3. The predicted molar refractivity (Wildman–Crippen MR) is 52.8 cm³/mol. The van der Waals surface area contributed by atoms with Gasteiger partial charge in [0.1, 0.15) is 11.4 Å².